The number of rotatable bonds is 13. The third-order valence-electron chi connectivity index (χ3n) is 7.80. The lowest BCUT2D eigenvalue weighted by molar-refractivity contribution is -0.139. The number of benzene rings is 4. The molecule has 0 aliphatic heterocycles. The van der Waals surface area contributed by atoms with E-state index in [0.717, 1.165) is 0 Å². The van der Waals surface area contributed by atoms with E-state index in [1.807, 2.05) is 36.4 Å². The average molecular weight is 705 g/mol. The molecule has 0 radical (unpaired) electrons. The number of nitrogens with one attached hydrogen (secondary N) is 2. The Morgan fingerprint density at radius 2 is 1.00 bits per heavy atom. The number of aromatic nitrogens is 2. The third-order valence-corrected chi connectivity index (χ3v) is 7.80. The Kier molecular flexibility index (Phi) is 10.4. The first-order valence-corrected chi connectivity index (χ1v) is 15.8. The molecule has 2 aromatic heterocycles. The van der Waals surface area contributed by atoms with Crippen molar-refractivity contribution in [2.24, 2.45) is 0 Å². The minimum atomic E-state index is -2.03. The van der Waals surface area contributed by atoms with Gasteiger partial charge in [0.25, 0.3) is 11.8 Å². The average Bonchev–Trinajstić information content (AvgIpc) is 3.14. The van der Waals surface area contributed by atoms with E-state index in [1.54, 1.807) is 48.5 Å². The number of hydrogen-bond acceptors (Lipinski definition) is 11. The molecule has 0 atom stereocenters. The number of ether oxygens (including phenoxy) is 4. The monoisotopic (exact) mass is 704 g/mol. The number of carboxylic acids is 1. The van der Waals surface area contributed by atoms with E-state index in [0.29, 0.717) is 33.8 Å². The van der Waals surface area contributed by atoms with Gasteiger partial charge in [-0.05, 0) is 60.7 Å². The van der Waals surface area contributed by atoms with Gasteiger partial charge in [-0.2, -0.15) is 0 Å². The highest BCUT2D eigenvalue weighted by Gasteiger charge is 2.29. The minimum absolute atomic E-state index is 0.0679. The molecule has 2 heterocycles. The predicted octanol–water partition coefficient (Wildman–Crippen LogP) is 5.64. The van der Waals surface area contributed by atoms with E-state index in [1.165, 1.54) is 26.4 Å². The summed E-state index contributed by atoms with van der Waals surface area (Å²) in [5.41, 5.74) is -0.523. The van der Waals surface area contributed by atoms with Gasteiger partial charge in [-0.3, -0.25) is 9.59 Å². The van der Waals surface area contributed by atoms with Crippen molar-refractivity contribution < 1.29 is 48.7 Å². The molecule has 52 heavy (non-hydrogen) atoms. The Morgan fingerprint density at radius 3 is 1.37 bits per heavy atom. The molecule has 0 saturated carbocycles. The molecule has 4 aromatic carbocycles. The molecule has 2 amide bonds. The Bertz CT molecular complexity index is 2130. The lowest BCUT2D eigenvalue weighted by Crippen LogP contribution is -2.53. The summed E-state index contributed by atoms with van der Waals surface area (Å²) >= 11 is 0. The van der Waals surface area contributed by atoms with Crippen LogP contribution in [0.2, 0.25) is 0 Å². The van der Waals surface area contributed by atoms with E-state index in [-0.39, 0.29) is 35.4 Å². The molecular weight excluding hydrogens is 672 g/mol. The fraction of sp³-hybridized carbons (Fsp3) is 0.132. The van der Waals surface area contributed by atoms with E-state index in [9.17, 15) is 29.7 Å². The van der Waals surface area contributed by atoms with Gasteiger partial charge in [0.2, 0.25) is 6.17 Å². The molecule has 0 bridgehead atoms. The number of methoxy groups -OCH3 is 2. The first-order chi connectivity index (χ1) is 25.2. The quantitative estimate of drug-likeness (QED) is 0.0929. The fourth-order valence-electron chi connectivity index (χ4n) is 5.43. The zero-order chi connectivity index (χ0) is 36.8. The second kappa shape index (κ2) is 15.4. The van der Waals surface area contributed by atoms with E-state index < -0.39 is 46.8 Å². The van der Waals surface area contributed by atoms with Crippen LogP contribution in [0.4, 0.5) is 0 Å². The van der Waals surface area contributed by atoms with E-state index >= 15 is 0 Å². The van der Waals surface area contributed by atoms with Gasteiger partial charge in [0, 0.05) is 35.8 Å². The smallest absolute Gasteiger partial charge is 0.347 e. The van der Waals surface area contributed by atoms with Crippen LogP contribution in [0.15, 0.2) is 97.1 Å². The summed E-state index contributed by atoms with van der Waals surface area (Å²) in [6, 6.07) is 27.5. The molecule has 14 heteroatoms. The number of aliphatic carboxylic acids is 1. The number of nitrogens with zero attached hydrogens (tertiary/aromatic N) is 2. The van der Waals surface area contributed by atoms with Gasteiger partial charge >= 0.3 is 5.97 Å². The molecule has 6 aromatic rings. The van der Waals surface area contributed by atoms with Crippen molar-refractivity contribution in [3.8, 4) is 34.5 Å². The first-order valence-electron chi connectivity index (χ1n) is 15.8. The molecule has 0 saturated heterocycles. The predicted molar refractivity (Wildman–Crippen MR) is 188 cm³/mol. The summed E-state index contributed by atoms with van der Waals surface area (Å²) in [6.45, 7) is -0.136. The van der Waals surface area contributed by atoms with E-state index in [4.69, 9.17) is 18.9 Å². The number of carbonyl (C=O) groups is 3. The molecule has 6 rings (SSSR count). The topological polar surface area (TPSA) is 199 Å². The number of hydrogen-bond donors (Lipinski definition) is 5. The Labute approximate surface area is 296 Å². The van der Waals surface area contributed by atoms with Crippen LogP contribution in [0.25, 0.3) is 21.5 Å². The molecule has 0 spiro atoms. The van der Waals surface area contributed by atoms with Crippen LogP contribution < -0.4 is 20.1 Å². The van der Waals surface area contributed by atoms with Crippen molar-refractivity contribution in [1.29, 1.82) is 0 Å². The van der Waals surface area contributed by atoms with Gasteiger partial charge < -0.3 is 44.9 Å². The van der Waals surface area contributed by atoms with Crippen LogP contribution in [0.1, 0.15) is 32.4 Å². The zero-order valence-corrected chi connectivity index (χ0v) is 27.8. The van der Waals surface area contributed by atoms with Gasteiger partial charge in [-0.25, -0.2) is 14.8 Å². The second-order valence-electron chi connectivity index (χ2n) is 11.3. The van der Waals surface area contributed by atoms with Crippen LogP contribution >= 0.6 is 0 Å². The van der Waals surface area contributed by atoms with Crippen LogP contribution in [0.3, 0.4) is 0 Å². The van der Waals surface area contributed by atoms with Gasteiger partial charge in [-0.15, -0.1) is 0 Å². The highest BCUT2D eigenvalue weighted by Crippen LogP contribution is 2.36. The first kappa shape index (κ1) is 35.1. The van der Waals surface area contributed by atoms with E-state index in [2.05, 4.69) is 20.6 Å². The molecule has 5 N–H and O–H groups in total. The molecule has 264 valence electrons. The number of carboxylic acid groups (broad SMARTS) is 1. The van der Waals surface area contributed by atoms with Crippen molar-refractivity contribution in [2.75, 3.05) is 14.2 Å². The van der Waals surface area contributed by atoms with Crippen molar-refractivity contribution in [2.45, 2.75) is 19.4 Å². The Balaban J connectivity index is 1.26. The Morgan fingerprint density at radius 1 is 0.596 bits per heavy atom. The molecule has 0 aliphatic carbocycles. The maximum absolute atomic E-state index is 13.4. The second-order valence-corrected chi connectivity index (χ2v) is 11.3. The van der Waals surface area contributed by atoms with Gasteiger partial charge in [0.1, 0.15) is 23.0 Å². The summed E-state index contributed by atoms with van der Waals surface area (Å²) in [5, 5.41) is 37.8. The van der Waals surface area contributed by atoms with Crippen molar-refractivity contribution in [1.82, 2.24) is 20.6 Å². The SMILES string of the molecule is COCc1nc(C(=O)NC(NC(=O)c2nc(COC)c3cc(Oc4ccccc4)ccc3c2O)C(=O)O)c(O)c2ccc(Oc3ccccc3)cc12. The minimum Gasteiger partial charge on any atom is -0.505 e. The lowest BCUT2D eigenvalue weighted by Gasteiger charge is -2.18. The number of carbonyl (C=O) groups excluding carboxylic acids is 2. The van der Waals surface area contributed by atoms with Crippen LogP contribution in [0.5, 0.6) is 34.5 Å². The van der Waals surface area contributed by atoms with Gasteiger partial charge in [0.15, 0.2) is 22.9 Å². The maximum atomic E-state index is 13.4. The number of para-hydroxylation sites is 2. The van der Waals surface area contributed by atoms with Crippen LogP contribution in [0, 0.1) is 0 Å². The van der Waals surface area contributed by atoms with Crippen molar-refractivity contribution >= 4 is 39.3 Å². The number of amides is 2. The van der Waals surface area contributed by atoms with Gasteiger partial charge in [0.05, 0.1) is 24.6 Å². The summed E-state index contributed by atoms with van der Waals surface area (Å²) in [5.74, 6) is -2.94. The van der Waals surface area contributed by atoms with Crippen molar-refractivity contribution in [3.05, 3.63) is 120 Å². The lowest BCUT2D eigenvalue weighted by atomic mass is 10.1. The number of aromatic hydroxyl groups is 2. The van der Waals surface area contributed by atoms with Crippen molar-refractivity contribution in [3.63, 3.8) is 0 Å². The fourth-order valence-corrected chi connectivity index (χ4v) is 5.43. The number of fused-ring (bicyclic) bond motifs is 2. The highest BCUT2D eigenvalue weighted by molar-refractivity contribution is 6.06. The maximum Gasteiger partial charge on any atom is 0.347 e. The largest absolute Gasteiger partial charge is 0.505 e. The molecule has 0 fully saturated rings. The summed E-state index contributed by atoms with van der Waals surface area (Å²) in [4.78, 5) is 47.7. The third kappa shape index (κ3) is 7.52. The Hall–Kier alpha value is -6.77. The molecule has 0 aliphatic rings. The zero-order valence-electron chi connectivity index (χ0n) is 27.8. The molecule has 0 unspecified atom stereocenters. The normalized spacial score (nSPS) is 11.1. The van der Waals surface area contributed by atoms with Crippen LogP contribution in [-0.4, -0.2) is 63.5 Å². The highest BCUT2D eigenvalue weighted by atomic mass is 16.5. The van der Waals surface area contributed by atoms with Crippen LogP contribution in [-0.2, 0) is 27.5 Å². The summed E-state index contributed by atoms with van der Waals surface area (Å²) < 4.78 is 22.4. The van der Waals surface area contributed by atoms with Gasteiger partial charge in [-0.1, -0.05) is 36.4 Å². The molecular formula is C38H32N4O10. The summed E-state index contributed by atoms with van der Waals surface area (Å²) in [7, 11) is 2.85. The number of pyridine rings is 2. The summed E-state index contributed by atoms with van der Waals surface area (Å²) in [6.07, 6.45) is -2.03. The molecule has 14 nitrogen and oxygen atoms in total. The standard InChI is InChI=1S/C38H32N4O10/c1-49-19-29-27-17-23(51-21-9-5-3-6-10-21)13-15-25(27)33(43)31(39-29)36(45)41-35(38(47)48)42-37(46)32-34(44)26-16-14-24(52-22-11-7-4-8-12-22)18-28(26)30(40-32)20-50-2/h3-18,35,43-44H,19-20H2,1-2H3,(H,41,45)(H,42,46)(H,47,48).